The van der Waals surface area contributed by atoms with E-state index in [9.17, 15) is 4.39 Å². The minimum atomic E-state index is -0.282. The molecular weight excluding hydrogens is 279 g/mol. The van der Waals surface area contributed by atoms with Gasteiger partial charge in [-0.05, 0) is 25.5 Å². The Balaban J connectivity index is 2.18. The maximum Gasteiger partial charge on any atom is 0.127 e. The first-order valence-electron chi connectivity index (χ1n) is 7.01. The number of imidazole rings is 1. The highest BCUT2D eigenvalue weighted by molar-refractivity contribution is 6.20. The van der Waals surface area contributed by atoms with Gasteiger partial charge in [0.05, 0.1) is 23.0 Å². The summed E-state index contributed by atoms with van der Waals surface area (Å²) in [5, 5.41) is -0.221. The van der Waals surface area contributed by atoms with Crippen LogP contribution in [0.25, 0.3) is 11.0 Å². The zero-order valence-corrected chi connectivity index (χ0v) is 12.7. The largest absolute Gasteiger partial charge is 0.380 e. The number of hydrogen-bond acceptors (Lipinski definition) is 2. The van der Waals surface area contributed by atoms with Crippen LogP contribution in [0.15, 0.2) is 18.2 Å². The normalized spacial score (nSPS) is 13.0. The number of unbranched alkanes of at least 4 members (excludes halogenated alkanes) is 1. The molecule has 5 heteroatoms. The van der Waals surface area contributed by atoms with Crippen LogP contribution in [0.3, 0.4) is 0 Å². The summed E-state index contributed by atoms with van der Waals surface area (Å²) in [6.45, 7) is 6.06. The van der Waals surface area contributed by atoms with Crippen molar-refractivity contribution in [2.45, 2.75) is 38.6 Å². The molecule has 0 saturated heterocycles. The number of benzene rings is 1. The summed E-state index contributed by atoms with van der Waals surface area (Å²) in [6, 6.07) is 4.63. The second-order valence-electron chi connectivity index (χ2n) is 4.84. The number of nitrogens with zero attached hydrogens (tertiary/aromatic N) is 2. The van der Waals surface area contributed by atoms with Gasteiger partial charge in [-0.3, -0.25) is 0 Å². The summed E-state index contributed by atoms with van der Waals surface area (Å²) < 4.78 is 20.9. The summed E-state index contributed by atoms with van der Waals surface area (Å²) in [5.41, 5.74) is 1.54. The second-order valence-corrected chi connectivity index (χ2v) is 5.49. The van der Waals surface area contributed by atoms with Gasteiger partial charge in [-0.2, -0.15) is 0 Å². The number of hydrogen-bond donors (Lipinski definition) is 0. The standard InChI is InChI=1S/C15H20ClFN2O/c1-3-4-8-20-9-7-19-14-6-5-12(17)10-13(14)18-15(19)11(2)16/h5-6,10-11H,3-4,7-9H2,1-2H3. The number of alkyl halides is 1. The summed E-state index contributed by atoms with van der Waals surface area (Å²) in [6.07, 6.45) is 2.19. The summed E-state index contributed by atoms with van der Waals surface area (Å²) in [5.74, 6) is 0.474. The Labute approximate surface area is 123 Å². The van der Waals surface area contributed by atoms with E-state index >= 15 is 0 Å². The Hall–Kier alpha value is -1.13. The zero-order valence-electron chi connectivity index (χ0n) is 11.9. The van der Waals surface area contributed by atoms with Gasteiger partial charge in [0.2, 0.25) is 0 Å². The minimum absolute atomic E-state index is 0.221. The lowest BCUT2D eigenvalue weighted by atomic mass is 10.3. The number of fused-ring (bicyclic) bond motifs is 1. The number of aromatic nitrogens is 2. The molecule has 2 rings (SSSR count). The zero-order chi connectivity index (χ0) is 14.5. The van der Waals surface area contributed by atoms with Crippen LogP contribution in [0, 0.1) is 5.82 Å². The fourth-order valence-electron chi connectivity index (χ4n) is 2.16. The van der Waals surface area contributed by atoms with E-state index in [0.717, 1.165) is 30.8 Å². The molecule has 0 saturated carbocycles. The van der Waals surface area contributed by atoms with Crippen molar-refractivity contribution >= 4 is 22.6 Å². The molecule has 20 heavy (non-hydrogen) atoms. The van der Waals surface area contributed by atoms with Crippen molar-refractivity contribution in [1.29, 1.82) is 0 Å². The third-order valence-corrected chi connectivity index (χ3v) is 3.39. The van der Waals surface area contributed by atoms with Crippen LogP contribution in [0.1, 0.15) is 37.9 Å². The Bertz CT molecular complexity index is 568. The van der Waals surface area contributed by atoms with Crippen LogP contribution in [-0.2, 0) is 11.3 Å². The number of ether oxygens (including phenoxy) is 1. The molecule has 0 aliphatic carbocycles. The smallest absolute Gasteiger partial charge is 0.127 e. The highest BCUT2D eigenvalue weighted by Crippen LogP contribution is 2.25. The van der Waals surface area contributed by atoms with E-state index in [1.54, 1.807) is 6.07 Å². The van der Waals surface area contributed by atoms with Crippen molar-refractivity contribution in [2.75, 3.05) is 13.2 Å². The van der Waals surface area contributed by atoms with E-state index in [1.807, 2.05) is 11.5 Å². The lowest BCUT2D eigenvalue weighted by molar-refractivity contribution is 0.123. The molecule has 1 unspecified atom stereocenters. The Morgan fingerprint density at radius 1 is 1.40 bits per heavy atom. The van der Waals surface area contributed by atoms with Gasteiger partial charge in [0.15, 0.2) is 0 Å². The fourth-order valence-corrected chi connectivity index (χ4v) is 2.33. The van der Waals surface area contributed by atoms with E-state index in [0.29, 0.717) is 18.7 Å². The monoisotopic (exact) mass is 298 g/mol. The van der Waals surface area contributed by atoms with Crippen molar-refractivity contribution in [2.24, 2.45) is 0 Å². The maximum atomic E-state index is 13.3. The van der Waals surface area contributed by atoms with Crippen LogP contribution in [-0.4, -0.2) is 22.8 Å². The summed E-state index contributed by atoms with van der Waals surface area (Å²) >= 11 is 6.16. The van der Waals surface area contributed by atoms with Crippen LogP contribution in [0.2, 0.25) is 0 Å². The Morgan fingerprint density at radius 2 is 2.20 bits per heavy atom. The van der Waals surface area contributed by atoms with Crippen molar-refractivity contribution in [1.82, 2.24) is 9.55 Å². The van der Waals surface area contributed by atoms with Gasteiger partial charge < -0.3 is 9.30 Å². The minimum Gasteiger partial charge on any atom is -0.380 e. The molecule has 0 amide bonds. The van der Waals surface area contributed by atoms with Crippen LogP contribution < -0.4 is 0 Å². The highest BCUT2D eigenvalue weighted by atomic mass is 35.5. The Morgan fingerprint density at radius 3 is 2.90 bits per heavy atom. The molecule has 3 nitrogen and oxygen atoms in total. The quantitative estimate of drug-likeness (QED) is 0.563. The van der Waals surface area contributed by atoms with Gasteiger partial charge in [-0.15, -0.1) is 11.6 Å². The second kappa shape index (κ2) is 7.04. The van der Waals surface area contributed by atoms with Gasteiger partial charge in [-0.1, -0.05) is 13.3 Å². The molecule has 0 bridgehead atoms. The van der Waals surface area contributed by atoms with Crippen molar-refractivity contribution < 1.29 is 9.13 Å². The van der Waals surface area contributed by atoms with E-state index in [-0.39, 0.29) is 11.2 Å². The van der Waals surface area contributed by atoms with Crippen molar-refractivity contribution in [3.8, 4) is 0 Å². The van der Waals surface area contributed by atoms with Crippen molar-refractivity contribution in [3.05, 3.63) is 29.8 Å². The van der Waals surface area contributed by atoms with Gasteiger partial charge >= 0.3 is 0 Å². The van der Waals surface area contributed by atoms with E-state index < -0.39 is 0 Å². The van der Waals surface area contributed by atoms with Gasteiger partial charge in [0.25, 0.3) is 0 Å². The van der Waals surface area contributed by atoms with Crippen LogP contribution >= 0.6 is 11.6 Å². The fraction of sp³-hybridized carbons (Fsp3) is 0.533. The van der Waals surface area contributed by atoms with Crippen LogP contribution in [0.4, 0.5) is 4.39 Å². The molecule has 1 atom stereocenters. The molecule has 1 heterocycles. The highest BCUT2D eigenvalue weighted by Gasteiger charge is 2.15. The van der Waals surface area contributed by atoms with Crippen LogP contribution in [0.5, 0.6) is 0 Å². The topological polar surface area (TPSA) is 27.1 Å². The Kier molecular flexibility index (Phi) is 5.38. The third kappa shape index (κ3) is 3.49. The maximum absolute atomic E-state index is 13.3. The molecule has 2 aromatic rings. The predicted molar refractivity (Wildman–Crippen MR) is 79.7 cm³/mol. The third-order valence-electron chi connectivity index (χ3n) is 3.20. The first kappa shape index (κ1) is 15.3. The molecule has 0 fully saturated rings. The summed E-state index contributed by atoms with van der Waals surface area (Å²) in [7, 11) is 0. The molecule has 110 valence electrons. The lowest BCUT2D eigenvalue weighted by Gasteiger charge is -2.10. The average Bonchev–Trinajstić information content (AvgIpc) is 2.76. The number of halogens is 2. The van der Waals surface area contributed by atoms with Gasteiger partial charge in [0.1, 0.15) is 11.6 Å². The van der Waals surface area contributed by atoms with Crippen molar-refractivity contribution in [3.63, 3.8) is 0 Å². The predicted octanol–water partition coefficient (Wildman–Crippen LogP) is 4.29. The van der Waals surface area contributed by atoms with E-state index in [2.05, 4.69) is 11.9 Å². The first-order chi connectivity index (χ1) is 9.63. The molecule has 0 spiro atoms. The van der Waals surface area contributed by atoms with Gasteiger partial charge in [-0.25, -0.2) is 9.37 Å². The molecule has 0 aliphatic rings. The molecule has 1 aromatic carbocycles. The summed E-state index contributed by atoms with van der Waals surface area (Å²) in [4.78, 5) is 4.42. The molecule has 0 N–H and O–H groups in total. The molecule has 1 aromatic heterocycles. The average molecular weight is 299 g/mol. The molecule has 0 aliphatic heterocycles. The molecule has 0 radical (unpaired) electrons. The lowest BCUT2D eigenvalue weighted by Crippen LogP contribution is -2.10. The SMILES string of the molecule is CCCCOCCn1c(C(C)Cl)nc2cc(F)ccc21. The van der Waals surface area contributed by atoms with E-state index in [4.69, 9.17) is 16.3 Å². The molecular formula is C15H20ClFN2O. The van der Waals surface area contributed by atoms with Gasteiger partial charge in [0, 0.05) is 19.2 Å². The van der Waals surface area contributed by atoms with E-state index in [1.165, 1.54) is 12.1 Å². The first-order valence-corrected chi connectivity index (χ1v) is 7.44. The number of rotatable bonds is 7.